The largest absolute Gasteiger partial charge is 0.506 e. The van der Waals surface area contributed by atoms with Crippen LogP contribution in [0.1, 0.15) is 38.0 Å². The molecule has 0 fully saturated rings. The molecule has 0 bridgehead atoms. The Balaban J connectivity index is 2.59. The third-order valence-corrected chi connectivity index (χ3v) is 7.63. The summed E-state index contributed by atoms with van der Waals surface area (Å²) in [4.78, 5) is 36.0. The molecule has 0 unspecified atom stereocenters. The summed E-state index contributed by atoms with van der Waals surface area (Å²) in [5, 5.41) is 19.0. The van der Waals surface area contributed by atoms with Gasteiger partial charge >= 0.3 is 17.9 Å². The second-order valence-electron chi connectivity index (χ2n) is 5.22. The fourth-order valence-electron chi connectivity index (χ4n) is 2.21. The van der Waals surface area contributed by atoms with Crippen LogP contribution in [0, 0.1) is 22.3 Å². The molecule has 2 aromatic rings. The first-order chi connectivity index (χ1) is 13.5. The Morgan fingerprint density at radius 3 is 1.93 bits per heavy atom. The summed E-state index contributed by atoms with van der Waals surface area (Å²) in [6.07, 6.45) is 0. The van der Waals surface area contributed by atoms with Gasteiger partial charge in [0.15, 0.2) is 0 Å². The van der Waals surface area contributed by atoms with E-state index in [0.717, 1.165) is 0 Å². The number of halogens is 5. The molecule has 2 aromatic carbocycles. The SMILES string of the molecule is CCOC(=O)c1c(I)c(O)c(I)c(I)c1C(=O)Oc1cc(F)c(C(=O)O)c(F)c1. The maximum Gasteiger partial charge on any atom is 0.345 e. The summed E-state index contributed by atoms with van der Waals surface area (Å²) in [5.74, 6) is -7.57. The Morgan fingerprint density at radius 1 is 0.931 bits per heavy atom. The number of carbonyl (C=O) groups is 3. The van der Waals surface area contributed by atoms with Crippen LogP contribution in [0.2, 0.25) is 0 Å². The summed E-state index contributed by atoms with van der Waals surface area (Å²) in [6, 6.07) is 1.08. The summed E-state index contributed by atoms with van der Waals surface area (Å²) < 4.78 is 38.1. The molecule has 0 aliphatic heterocycles. The second-order valence-corrected chi connectivity index (χ2v) is 8.45. The Kier molecular flexibility index (Phi) is 8.00. The summed E-state index contributed by atoms with van der Waals surface area (Å²) >= 11 is 5.14. The molecule has 2 rings (SSSR count). The lowest BCUT2D eigenvalue weighted by Crippen LogP contribution is -2.20. The normalized spacial score (nSPS) is 10.6. The minimum Gasteiger partial charge on any atom is -0.506 e. The van der Waals surface area contributed by atoms with E-state index >= 15 is 0 Å². The Labute approximate surface area is 203 Å². The van der Waals surface area contributed by atoms with E-state index in [0.29, 0.717) is 12.1 Å². The number of aromatic carboxylic acids is 1. The molecular weight excluding hydrogens is 735 g/mol. The molecule has 0 spiro atoms. The van der Waals surface area contributed by atoms with Crippen molar-refractivity contribution in [2.75, 3.05) is 6.61 Å². The molecule has 0 aliphatic carbocycles. The van der Waals surface area contributed by atoms with Gasteiger partial charge in [-0.15, -0.1) is 0 Å². The number of aromatic hydroxyl groups is 1. The lowest BCUT2D eigenvalue weighted by molar-refractivity contribution is 0.0514. The Morgan fingerprint density at radius 2 is 1.45 bits per heavy atom. The highest BCUT2D eigenvalue weighted by molar-refractivity contribution is 14.1. The van der Waals surface area contributed by atoms with Crippen LogP contribution in [0.4, 0.5) is 8.78 Å². The number of hydrogen-bond acceptors (Lipinski definition) is 6. The van der Waals surface area contributed by atoms with Crippen LogP contribution in [0.25, 0.3) is 0 Å². The fraction of sp³-hybridized carbons (Fsp3) is 0.118. The van der Waals surface area contributed by atoms with E-state index in [-0.39, 0.29) is 34.2 Å². The van der Waals surface area contributed by atoms with Crippen molar-refractivity contribution >= 4 is 85.7 Å². The van der Waals surface area contributed by atoms with E-state index in [1.165, 1.54) is 0 Å². The number of phenols is 1. The number of benzene rings is 2. The van der Waals surface area contributed by atoms with Gasteiger partial charge in [-0.2, -0.15) is 0 Å². The summed E-state index contributed by atoms with van der Waals surface area (Å²) in [7, 11) is 0. The van der Waals surface area contributed by atoms with E-state index in [9.17, 15) is 28.3 Å². The Hall–Kier alpha value is -1.30. The van der Waals surface area contributed by atoms with Gasteiger partial charge in [0.2, 0.25) is 0 Å². The quantitative estimate of drug-likeness (QED) is 0.200. The van der Waals surface area contributed by atoms with E-state index in [4.69, 9.17) is 14.6 Å². The molecule has 0 amide bonds. The van der Waals surface area contributed by atoms with Gasteiger partial charge in [0, 0.05) is 15.7 Å². The lowest BCUT2D eigenvalue weighted by Gasteiger charge is -2.15. The molecule has 0 aliphatic rings. The summed E-state index contributed by atoms with van der Waals surface area (Å²) in [6.45, 7) is 1.55. The van der Waals surface area contributed by atoms with Crippen molar-refractivity contribution in [2.45, 2.75) is 6.92 Å². The smallest absolute Gasteiger partial charge is 0.345 e. The molecule has 154 valence electrons. The van der Waals surface area contributed by atoms with Gasteiger partial charge < -0.3 is 19.7 Å². The monoisotopic (exact) mass is 744 g/mol. The predicted octanol–water partition coefficient (Wildman–Crippen LogP) is 4.58. The van der Waals surface area contributed by atoms with Crippen LogP contribution in [-0.4, -0.2) is 34.7 Å². The van der Waals surface area contributed by atoms with Gasteiger partial charge in [0.25, 0.3) is 0 Å². The molecule has 0 radical (unpaired) electrons. The van der Waals surface area contributed by atoms with Gasteiger partial charge in [0.05, 0.1) is 24.9 Å². The van der Waals surface area contributed by atoms with Crippen LogP contribution in [0.15, 0.2) is 12.1 Å². The average molecular weight is 744 g/mol. The third kappa shape index (κ3) is 4.89. The Bertz CT molecular complexity index is 1020. The zero-order chi connectivity index (χ0) is 22.0. The molecule has 0 atom stereocenters. The van der Waals surface area contributed by atoms with Crippen molar-refractivity contribution in [3.05, 3.63) is 51.2 Å². The first-order valence-electron chi connectivity index (χ1n) is 7.52. The van der Waals surface area contributed by atoms with Crippen LogP contribution in [-0.2, 0) is 4.74 Å². The van der Waals surface area contributed by atoms with Gasteiger partial charge in [-0.25, -0.2) is 23.2 Å². The highest BCUT2D eigenvalue weighted by Crippen LogP contribution is 2.37. The van der Waals surface area contributed by atoms with Crippen molar-refractivity contribution in [2.24, 2.45) is 0 Å². The van der Waals surface area contributed by atoms with E-state index in [1.807, 2.05) is 0 Å². The predicted molar refractivity (Wildman–Crippen MR) is 120 cm³/mol. The standard InChI is InChI=1S/C17H9F2I3O7/c1-2-28-16(26)10-9(11(20)13(22)14(23)12(10)21)17(27)29-5-3-6(18)8(15(24)25)7(19)4-5/h3-4,23H,2H2,1H3,(H,24,25). The molecule has 29 heavy (non-hydrogen) atoms. The number of carbonyl (C=O) groups excluding carboxylic acids is 2. The maximum absolute atomic E-state index is 13.9. The molecule has 0 saturated heterocycles. The fourth-order valence-corrected chi connectivity index (χ4v) is 4.77. The topological polar surface area (TPSA) is 110 Å². The number of phenolic OH excluding ortho intramolecular Hbond substituents is 1. The van der Waals surface area contributed by atoms with Gasteiger partial charge in [-0.1, -0.05) is 0 Å². The number of carboxylic acids is 1. The number of hydrogen-bond donors (Lipinski definition) is 2. The number of esters is 2. The number of carboxylic acid groups (broad SMARTS) is 1. The number of rotatable bonds is 5. The second kappa shape index (κ2) is 9.67. The molecule has 2 N–H and O–H groups in total. The lowest BCUT2D eigenvalue weighted by atomic mass is 10.1. The first kappa shape index (κ1) is 24.0. The van der Waals surface area contributed by atoms with Crippen molar-refractivity contribution in [1.82, 2.24) is 0 Å². The third-order valence-electron chi connectivity index (χ3n) is 3.42. The van der Waals surface area contributed by atoms with Crippen molar-refractivity contribution in [3.63, 3.8) is 0 Å². The number of ether oxygens (including phenoxy) is 2. The zero-order valence-corrected chi connectivity index (χ0v) is 20.7. The minimum atomic E-state index is -1.82. The maximum atomic E-state index is 13.9. The molecule has 0 aromatic heterocycles. The zero-order valence-electron chi connectivity index (χ0n) is 14.2. The highest BCUT2D eigenvalue weighted by Gasteiger charge is 2.31. The van der Waals surface area contributed by atoms with Gasteiger partial charge in [-0.05, 0) is 74.7 Å². The van der Waals surface area contributed by atoms with Crippen LogP contribution < -0.4 is 4.74 Å². The van der Waals surface area contributed by atoms with E-state index in [2.05, 4.69) is 0 Å². The van der Waals surface area contributed by atoms with E-state index in [1.54, 1.807) is 74.7 Å². The molecule has 12 heteroatoms. The van der Waals surface area contributed by atoms with E-state index < -0.39 is 40.9 Å². The van der Waals surface area contributed by atoms with Crippen LogP contribution in [0.3, 0.4) is 0 Å². The van der Waals surface area contributed by atoms with Gasteiger partial charge in [0.1, 0.15) is 28.7 Å². The van der Waals surface area contributed by atoms with Crippen LogP contribution >= 0.6 is 67.8 Å². The highest BCUT2D eigenvalue weighted by atomic mass is 127. The molecule has 0 saturated carbocycles. The van der Waals surface area contributed by atoms with Gasteiger partial charge in [-0.3, -0.25) is 0 Å². The van der Waals surface area contributed by atoms with Crippen molar-refractivity contribution < 1.29 is 42.9 Å². The molecule has 0 heterocycles. The molecule has 7 nitrogen and oxygen atoms in total. The average Bonchev–Trinajstić information content (AvgIpc) is 2.61. The first-order valence-corrected chi connectivity index (χ1v) is 10.8. The molecular formula is C17H9F2I3O7. The summed E-state index contributed by atoms with van der Waals surface area (Å²) in [5.41, 5.74) is -1.72. The van der Waals surface area contributed by atoms with Crippen molar-refractivity contribution in [3.8, 4) is 11.5 Å². The van der Waals surface area contributed by atoms with Crippen molar-refractivity contribution in [1.29, 1.82) is 0 Å². The van der Waals surface area contributed by atoms with Crippen LogP contribution in [0.5, 0.6) is 11.5 Å². The minimum absolute atomic E-state index is 0.000197.